The molecule has 0 unspecified atom stereocenters. The second kappa shape index (κ2) is 9.55. The number of nitrogens with zero attached hydrogens (tertiary/aromatic N) is 2. The first-order valence-corrected chi connectivity index (χ1v) is 10.6. The van der Waals surface area contributed by atoms with Gasteiger partial charge in [-0.1, -0.05) is 103 Å². The van der Waals surface area contributed by atoms with Crippen LogP contribution in [0.25, 0.3) is 11.3 Å². The molecule has 0 saturated carbocycles. The molecule has 4 aromatic rings. The summed E-state index contributed by atoms with van der Waals surface area (Å²) in [7, 11) is 0. The summed E-state index contributed by atoms with van der Waals surface area (Å²) in [6.45, 7) is 2.09. The average molecular weight is 409 g/mol. The number of hydrogen-bond donors (Lipinski definition) is 0. The van der Waals surface area contributed by atoms with E-state index in [9.17, 15) is 0 Å². The van der Waals surface area contributed by atoms with E-state index in [-0.39, 0.29) is 0 Å². The van der Waals surface area contributed by atoms with E-state index in [4.69, 9.17) is 22.2 Å². The Morgan fingerprint density at radius 2 is 1.37 bits per heavy atom. The highest BCUT2D eigenvalue weighted by Gasteiger charge is 2.12. The Morgan fingerprint density at radius 1 is 0.733 bits per heavy atom. The predicted molar refractivity (Wildman–Crippen MR) is 128 cm³/mol. The van der Waals surface area contributed by atoms with Crippen LogP contribution in [-0.2, 0) is 19.3 Å². The second-order valence-corrected chi connectivity index (χ2v) is 8.13. The van der Waals surface area contributed by atoms with Crippen LogP contribution >= 0.6 is 12.2 Å². The van der Waals surface area contributed by atoms with Gasteiger partial charge in [0.2, 0.25) is 0 Å². The van der Waals surface area contributed by atoms with Gasteiger partial charge in [-0.2, -0.15) is 0 Å². The van der Waals surface area contributed by atoms with Crippen LogP contribution < -0.4 is 0 Å². The van der Waals surface area contributed by atoms with Crippen LogP contribution in [0.15, 0.2) is 91.1 Å². The van der Waals surface area contributed by atoms with Crippen LogP contribution in [0.2, 0.25) is 0 Å². The third-order valence-electron chi connectivity index (χ3n) is 5.10. The highest BCUT2D eigenvalue weighted by molar-refractivity contribution is 7.80. The summed E-state index contributed by atoms with van der Waals surface area (Å²) in [5.41, 5.74) is 7.64. The molecule has 0 saturated heterocycles. The maximum Gasteiger partial charge on any atom is 0.0888 e. The molecule has 2 nitrogen and oxygen atoms in total. The van der Waals surface area contributed by atoms with Crippen molar-refractivity contribution in [3.8, 4) is 11.3 Å². The molecule has 0 amide bonds. The van der Waals surface area contributed by atoms with Gasteiger partial charge in [0, 0.05) is 29.7 Å². The fourth-order valence-electron chi connectivity index (χ4n) is 3.47. The van der Waals surface area contributed by atoms with E-state index in [0.717, 1.165) is 40.4 Å². The zero-order valence-electron chi connectivity index (χ0n) is 17.1. The SMILES string of the molecule is Cc1ccc(-c2cnc(CC(=S)Cc3ccccc3)c(Cc3ccccc3)n2)cc1. The second-order valence-electron chi connectivity index (χ2n) is 7.55. The van der Waals surface area contributed by atoms with Gasteiger partial charge in [0.15, 0.2) is 0 Å². The van der Waals surface area contributed by atoms with E-state index in [0.29, 0.717) is 6.42 Å². The first kappa shape index (κ1) is 20.1. The maximum absolute atomic E-state index is 5.72. The summed E-state index contributed by atoms with van der Waals surface area (Å²) < 4.78 is 0. The average Bonchev–Trinajstić information content (AvgIpc) is 2.77. The molecule has 4 rings (SSSR count). The maximum atomic E-state index is 5.72. The lowest BCUT2D eigenvalue weighted by Crippen LogP contribution is -2.10. The van der Waals surface area contributed by atoms with Crippen LogP contribution in [0.5, 0.6) is 0 Å². The van der Waals surface area contributed by atoms with Gasteiger partial charge in [0.25, 0.3) is 0 Å². The fourth-order valence-corrected chi connectivity index (χ4v) is 3.77. The Kier molecular flexibility index (Phi) is 6.41. The summed E-state index contributed by atoms with van der Waals surface area (Å²) in [6.07, 6.45) is 4.06. The smallest absolute Gasteiger partial charge is 0.0888 e. The van der Waals surface area contributed by atoms with Crippen molar-refractivity contribution in [2.75, 3.05) is 0 Å². The number of benzene rings is 3. The Hall–Kier alpha value is -3.17. The van der Waals surface area contributed by atoms with E-state index >= 15 is 0 Å². The third kappa shape index (κ3) is 5.25. The number of aromatic nitrogens is 2. The molecule has 0 aliphatic heterocycles. The van der Waals surface area contributed by atoms with Crippen molar-refractivity contribution in [1.29, 1.82) is 0 Å². The minimum absolute atomic E-state index is 0.660. The Balaban J connectivity index is 1.62. The molecule has 30 heavy (non-hydrogen) atoms. The zero-order valence-corrected chi connectivity index (χ0v) is 17.9. The Morgan fingerprint density at radius 3 is 2.03 bits per heavy atom. The van der Waals surface area contributed by atoms with Crippen molar-refractivity contribution >= 4 is 17.1 Å². The number of thiocarbonyl (C=S) groups is 1. The first-order chi connectivity index (χ1) is 14.7. The monoisotopic (exact) mass is 408 g/mol. The van der Waals surface area contributed by atoms with Crippen LogP contribution in [0.3, 0.4) is 0 Å². The van der Waals surface area contributed by atoms with Crippen LogP contribution in [0, 0.1) is 6.92 Å². The minimum Gasteiger partial charge on any atom is -0.257 e. The molecule has 0 atom stereocenters. The number of aryl methyl sites for hydroxylation is 1. The summed E-state index contributed by atoms with van der Waals surface area (Å²) in [5, 5.41) is 0. The largest absolute Gasteiger partial charge is 0.257 e. The minimum atomic E-state index is 0.660. The van der Waals surface area contributed by atoms with Gasteiger partial charge in [-0.25, -0.2) is 4.98 Å². The summed E-state index contributed by atoms with van der Waals surface area (Å²) in [6, 6.07) is 29.2. The van der Waals surface area contributed by atoms with Gasteiger partial charge in [-0.15, -0.1) is 0 Å². The van der Waals surface area contributed by atoms with Crippen molar-refractivity contribution in [2.45, 2.75) is 26.2 Å². The van der Waals surface area contributed by atoms with E-state index in [1.54, 1.807) is 0 Å². The molecule has 148 valence electrons. The van der Waals surface area contributed by atoms with Gasteiger partial charge < -0.3 is 0 Å². The van der Waals surface area contributed by atoms with Crippen molar-refractivity contribution < 1.29 is 0 Å². The summed E-state index contributed by atoms with van der Waals surface area (Å²) in [4.78, 5) is 10.8. The van der Waals surface area contributed by atoms with Gasteiger partial charge in [-0.3, -0.25) is 4.98 Å². The molecule has 0 aliphatic carbocycles. The lowest BCUT2D eigenvalue weighted by molar-refractivity contribution is 0.964. The molecule has 0 radical (unpaired) electrons. The van der Waals surface area contributed by atoms with Crippen molar-refractivity contribution in [3.05, 3.63) is 119 Å². The summed E-state index contributed by atoms with van der Waals surface area (Å²) >= 11 is 5.72. The third-order valence-corrected chi connectivity index (χ3v) is 5.39. The standard InChI is InChI=1S/C27H24N2S/c1-20-12-14-23(15-13-20)27-19-28-25(18-24(30)16-21-8-4-2-5-9-21)26(29-27)17-22-10-6-3-7-11-22/h2-15,19H,16-18H2,1H3. The molecule has 1 aromatic heterocycles. The van der Waals surface area contributed by atoms with Gasteiger partial charge >= 0.3 is 0 Å². The normalized spacial score (nSPS) is 10.7. The van der Waals surface area contributed by atoms with E-state index in [1.165, 1.54) is 16.7 Å². The number of rotatable bonds is 7. The fraction of sp³-hybridized carbons (Fsp3) is 0.148. The molecule has 0 fully saturated rings. The predicted octanol–water partition coefficient (Wildman–Crippen LogP) is 6.20. The molecule has 3 heteroatoms. The van der Waals surface area contributed by atoms with E-state index in [1.807, 2.05) is 18.3 Å². The molecule has 0 N–H and O–H groups in total. The van der Waals surface area contributed by atoms with E-state index < -0.39 is 0 Å². The topological polar surface area (TPSA) is 25.8 Å². The van der Waals surface area contributed by atoms with Crippen LogP contribution in [0.4, 0.5) is 0 Å². The van der Waals surface area contributed by atoms with Crippen molar-refractivity contribution in [3.63, 3.8) is 0 Å². The highest BCUT2D eigenvalue weighted by Crippen LogP contribution is 2.21. The van der Waals surface area contributed by atoms with E-state index in [2.05, 4.69) is 79.7 Å². The van der Waals surface area contributed by atoms with Gasteiger partial charge in [-0.05, 0) is 18.1 Å². The molecule has 0 aliphatic rings. The zero-order chi connectivity index (χ0) is 20.8. The lowest BCUT2D eigenvalue weighted by Gasteiger charge is -2.12. The quantitative estimate of drug-likeness (QED) is 0.341. The Bertz CT molecular complexity index is 1120. The molecule has 3 aromatic carbocycles. The Labute approximate surface area is 183 Å². The molecule has 1 heterocycles. The first-order valence-electron chi connectivity index (χ1n) is 10.2. The molecular weight excluding hydrogens is 384 g/mol. The van der Waals surface area contributed by atoms with Gasteiger partial charge in [0.1, 0.15) is 0 Å². The summed E-state index contributed by atoms with van der Waals surface area (Å²) in [5.74, 6) is 0. The number of hydrogen-bond acceptors (Lipinski definition) is 3. The lowest BCUT2D eigenvalue weighted by atomic mass is 10.0. The van der Waals surface area contributed by atoms with Crippen molar-refractivity contribution in [1.82, 2.24) is 9.97 Å². The molecule has 0 spiro atoms. The van der Waals surface area contributed by atoms with Crippen LogP contribution in [0.1, 0.15) is 28.1 Å². The highest BCUT2D eigenvalue weighted by atomic mass is 32.1. The van der Waals surface area contributed by atoms with Crippen LogP contribution in [-0.4, -0.2) is 14.8 Å². The molecular formula is C27H24N2S. The van der Waals surface area contributed by atoms with Gasteiger partial charge in [0.05, 0.1) is 23.3 Å². The molecule has 0 bridgehead atoms. The van der Waals surface area contributed by atoms with Crippen molar-refractivity contribution in [2.24, 2.45) is 0 Å².